The Hall–Kier alpha value is -0.0400. The second-order valence-electron chi connectivity index (χ2n) is 7.23. The van der Waals surface area contributed by atoms with Crippen LogP contribution >= 0.6 is 0 Å². The zero-order chi connectivity index (χ0) is 13.2. The molecular weight excluding hydrogens is 220 g/mol. The summed E-state index contributed by atoms with van der Waals surface area (Å²) in [5, 5.41) is 10.3. The molecule has 2 aliphatic carbocycles. The monoisotopic (exact) mass is 252 g/mol. The van der Waals surface area contributed by atoms with Crippen molar-refractivity contribution in [2.75, 3.05) is 0 Å². The molecule has 0 saturated heterocycles. The number of hydrogen-bond acceptors (Lipinski definition) is 1. The summed E-state index contributed by atoms with van der Waals surface area (Å²) in [5.74, 6) is 2.33. The third kappa shape index (κ3) is 2.61. The van der Waals surface area contributed by atoms with Crippen molar-refractivity contribution in [1.82, 2.24) is 0 Å². The molecule has 106 valence electrons. The summed E-state index contributed by atoms with van der Waals surface area (Å²) in [6.07, 6.45) is 11.8. The number of unbranched alkanes of at least 4 members (excludes halogenated alkanes) is 2. The Morgan fingerprint density at radius 3 is 2.72 bits per heavy atom. The molecule has 1 N–H and O–H groups in total. The van der Waals surface area contributed by atoms with Crippen molar-refractivity contribution in [3.63, 3.8) is 0 Å². The minimum atomic E-state index is -0.00316. The molecule has 0 aromatic rings. The molecule has 0 aromatic carbocycles. The lowest BCUT2D eigenvalue weighted by Crippen LogP contribution is -2.41. The second-order valence-corrected chi connectivity index (χ2v) is 7.23. The van der Waals surface area contributed by atoms with Gasteiger partial charge in [-0.25, -0.2) is 0 Å². The number of aliphatic hydroxyl groups is 1. The topological polar surface area (TPSA) is 20.2 Å². The van der Waals surface area contributed by atoms with Crippen molar-refractivity contribution < 1.29 is 5.11 Å². The molecule has 0 heterocycles. The molecule has 0 amide bonds. The highest BCUT2D eigenvalue weighted by Gasteiger charge is 2.51. The maximum Gasteiger partial charge on any atom is 0.0573 e. The van der Waals surface area contributed by atoms with E-state index in [1.165, 1.54) is 51.4 Å². The van der Waals surface area contributed by atoms with E-state index in [4.69, 9.17) is 0 Å². The number of fused-ring (bicyclic) bond motifs is 1. The lowest BCUT2D eigenvalue weighted by molar-refractivity contribution is -0.0278. The van der Waals surface area contributed by atoms with Crippen LogP contribution in [0.15, 0.2) is 0 Å². The predicted octanol–water partition coefficient (Wildman–Crippen LogP) is 4.78. The molecule has 2 saturated carbocycles. The summed E-state index contributed by atoms with van der Waals surface area (Å²) in [6, 6.07) is 0. The Morgan fingerprint density at radius 1 is 1.22 bits per heavy atom. The summed E-state index contributed by atoms with van der Waals surface area (Å²) < 4.78 is 0. The Labute approximate surface area is 113 Å². The Morgan fingerprint density at radius 2 is 2.00 bits per heavy atom. The van der Waals surface area contributed by atoms with Crippen molar-refractivity contribution in [3.8, 4) is 0 Å². The molecule has 5 atom stereocenters. The molecule has 0 spiro atoms. The number of rotatable bonds is 5. The molecule has 0 aliphatic heterocycles. The highest BCUT2D eigenvalue weighted by Crippen LogP contribution is 2.58. The molecule has 18 heavy (non-hydrogen) atoms. The van der Waals surface area contributed by atoms with Crippen LogP contribution < -0.4 is 0 Å². The highest BCUT2D eigenvalue weighted by atomic mass is 16.3. The van der Waals surface area contributed by atoms with Crippen LogP contribution in [0.5, 0.6) is 0 Å². The van der Waals surface area contributed by atoms with Crippen LogP contribution in [-0.4, -0.2) is 11.2 Å². The lowest BCUT2D eigenvalue weighted by Gasteiger charge is -2.45. The predicted molar refractivity (Wildman–Crippen MR) is 77.5 cm³/mol. The van der Waals surface area contributed by atoms with Crippen LogP contribution in [-0.2, 0) is 0 Å². The van der Waals surface area contributed by atoms with Crippen LogP contribution in [0.25, 0.3) is 0 Å². The fourth-order valence-electron chi connectivity index (χ4n) is 5.04. The SMILES string of the molecule is CCCCC[C@H](C)C1CC[C@H]2[C@@H](O)CCC[C@]12C. The standard InChI is InChI=1S/C17H32O/c1-4-5-6-8-13(2)14-10-11-15-16(18)9-7-12-17(14,15)3/h13-16,18H,4-12H2,1-3H3/t13-,14?,15-,16-,17+/m0/s1. The fourth-order valence-corrected chi connectivity index (χ4v) is 5.04. The Bertz CT molecular complexity index is 262. The van der Waals surface area contributed by atoms with E-state index in [-0.39, 0.29) is 6.10 Å². The van der Waals surface area contributed by atoms with E-state index < -0.39 is 0 Å². The minimum absolute atomic E-state index is 0.00316. The van der Waals surface area contributed by atoms with Gasteiger partial charge in [0.25, 0.3) is 0 Å². The van der Waals surface area contributed by atoms with E-state index >= 15 is 0 Å². The van der Waals surface area contributed by atoms with Crippen molar-refractivity contribution >= 4 is 0 Å². The first-order valence-corrected chi connectivity index (χ1v) is 8.27. The maximum atomic E-state index is 10.3. The number of hydrogen-bond donors (Lipinski definition) is 1. The zero-order valence-corrected chi connectivity index (χ0v) is 12.6. The molecule has 1 unspecified atom stereocenters. The van der Waals surface area contributed by atoms with Gasteiger partial charge in [-0.3, -0.25) is 0 Å². The van der Waals surface area contributed by atoms with Crippen LogP contribution in [0.4, 0.5) is 0 Å². The summed E-state index contributed by atoms with van der Waals surface area (Å²) in [4.78, 5) is 0. The molecule has 1 nitrogen and oxygen atoms in total. The third-order valence-corrected chi connectivity index (χ3v) is 6.11. The molecule has 1 heteroatoms. The quantitative estimate of drug-likeness (QED) is 0.698. The van der Waals surface area contributed by atoms with Gasteiger partial charge in [0.2, 0.25) is 0 Å². The van der Waals surface area contributed by atoms with E-state index in [1.807, 2.05) is 0 Å². The van der Waals surface area contributed by atoms with E-state index in [2.05, 4.69) is 20.8 Å². The molecular formula is C17H32O. The zero-order valence-electron chi connectivity index (χ0n) is 12.6. The summed E-state index contributed by atoms with van der Waals surface area (Å²) in [6.45, 7) is 7.23. The van der Waals surface area contributed by atoms with Crippen molar-refractivity contribution in [3.05, 3.63) is 0 Å². The largest absolute Gasteiger partial charge is 0.393 e. The van der Waals surface area contributed by atoms with E-state index in [0.29, 0.717) is 11.3 Å². The van der Waals surface area contributed by atoms with Gasteiger partial charge in [0, 0.05) is 0 Å². The van der Waals surface area contributed by atoms with Gasteiger partial charge < -0.3 is 5.11 Å². The summed E-state index contributed by atoms with van der Waals surface area (Å²) in [7, 11) is 0. The first-order chi connectivity index (χ1) is 8.59. The Balaban J connectivity index is 1.97. The van der Waals surface area contributed by atoms with Gasteiger partial charge in [0.05, 0.1) is 6.10 Å². The fraction of sp³-hybridized carbons (Fsp3) is 1.00. The van der Waals surface area contributed by atoms with Crippen LogP contribution in [0.3, 0.4) is 0 Å². The smallest absolute Gasteiger partial charge is 0.0573 e. The average molecular weight is 252 g/mol. The molecule has 0 bridgehead atoms. The van der Waals surface area contributed by atoms with Gasteiger partial charge in [0.15, 0.2) is 0 Å². The molecule has 0 aromatic heterocycles. The first-order valence-electron chi connectivity index (χ1n) is 8.27. The Kier molecular flexibility index (Phi) is 4.75. The maximum absolute atomic E-state index is 10.3. The van der Waals surface area contributed by atoms with Crippen molar-refractivity contribution in [1.29, 1.82) is 0 Å². The van der Waals surface area contributed by atoms with Crippen LogP contribution in [0.2, 0.25) is 0 Å². The van der Waals surface area contributed by atoms with Gasteiger partial charge in [-0.2, -0.15) is 0 Å². The minimum Gasteiger partial charge on any atom is -0.393 e. The van der Waals surface area contributed by atoms with Gasteiger partial charge in [-0.1, -0.05) is 52.9 Å². The van der Waals surface area contributed by atoms with E-state index in [0.717, 1.165) is 18.3 Å². The number of aliphatic hydroxyl groups excluding tert-OH is 1. The molecule has 2 aliphatic rings. The van der Waals surface area contributed by atoms with Crippen molar-refractivity contribution in [2.24, 2.45) is 23.2 Å². The van der Waals surface area contributed by atoms with E-state index in [1.54, 1.807) is 0 Å². The third-order valence-electron chi connectivity index (χ3n) is 6.11. The highest BCUT2D eigenvalue weighted by molar-refractivity contribution is 5.01. The van der Waals surface area contributed by atoms with Crippen LogP contribution in [0, 0.1) is 23.2 Å². The second kappa shape index (κ2) is 5.94. The van der Waals surface area contributed by atoms with Crippen LogP contribution in [0.1, 0.15) is 78.6 Å². The molecule has 2 rings (SSSR count). The van der Waals surface area contributed by atoms with Crippen molar-refractivity contribution in [2.45, 2.75) is 84.7 Å². The molecule has 2 fully saturated rings. The van der Waals surface area contributed by atoms with Gasteiger partial charge >= 0.3 is 0 Å². The summed E-state index contributed by atoms with van der Waals surface area (Å²) in [5.41, 5.74) is 0.448. The summed E-state index contributed by atoms with van der Waals surface area (Å²) >= 11 is 0. The van der Waals surface area contributed by atoms with E-state index in [9.17, 15) is 5.11 Å². The average Bonchev–Trinajstić information content (AvgIpc) is 2.68. The van der Waals surface area contributed by atoms with Gasteiger partial charge in [-0.15, -0.1) is 0 Å². The normalized spacial score (nSPS) is 41.7. The van der Waals surface area contributed by atoms with Gasteiger partial charge in [0.1, 0.15) is 0 Å². The lowest BCUT2D eigenvalue weighted by atomic mass is 9.61. The first kappa shape index (κ1) is 14.4. The molecule has 0 radical (unpaired) electrons. The van der Waals surface area contributed by atoms with Gasteiger partial charge in [-0.05, 0) is 48.9 Å².